The van der Waals surface area contributed by atoms with E-state index in [1.165, 1.54) is 22.8 Å². The fourth-order valence-corrected chi connectivity index (χ4v) is 3.79. The Labute approximate surface area is 158 Å². The predicted molar refractivity (Wildman–Crippen MR) is 105 cm³/mol. The Bertz CT molecular complexity index is 994. The van der Waals surface area contributed by atoms with E-state index in [1.807, 2.05) is 35.2 Å². The molecule has 0 fully saturated rings. The highest BCUT2D eigenvalue weighted by Gasteiger charge is 2.28. The van der Waals surface area contributed by atoms with Crippen LogP contribution in [0.15, 0.2) is 83.8 Å². The van der Waals surface area contributed by atoms with Crippen molar-refractivity contribution < 1.29 is 4.79 Å². The lowest BCUT2D eigenvalue weighted by Crippen LogP contribution is -2.39. The van der Waals surface area contributed by atoms with Crippen molar-refractivity contribution in [2.45, 2.75) is 25.4 Å². The number of aryl methyl sites for hydroxylation is 1. The molecule has 1 amide bonds. The minimum absolute atomic E-state index is 0.0727. The van der Waals surface area contributed by atoms with Crippen molar-refractivity contribution in [2.24, 2.45) is 0 Å². The van der Waals surface area contributed by atoms with Gasteiger partial charge in [0.1, 0.15) is 0 Å². The first-order valence-corrected chi connectivity index (χ1v) is 9.28. The first-order valence-electron chi connectivity index (χ1n) is 9.28. The van der Waals surface area contributed by atoms with Gasteiger partial charge in [-0.15, -0.1) is 0 Å². The summed E-state index contributed by atoms with van der Waals surface area (Å²) < 4.78 is 1.59. The van der Waals surface area contributed by atoms with E-state index >= 15 is 0 Å². The van der Waals surface area contributed by atoms with Crippen LogP contribution in [0.2, 0.25) is 0 Å². The number of rotatable bonds is 4. The molecule has 0 radical (unpaired) electrons. The number of carbonyl (C=O) groups excluding carboxylic acids is 1. The van der Waals surface area contributed by atoms with Gasteiger partial charge in [-0.25, -0.2) is 0 Å². The molecular weight excluding hydrogens is 336 g/mol. The van der Waals surface area contributed by atoms with Gasteiger partial charge in [-0.2, -0.15) is 0 Å². The summed E-state index contributed by atoms with van der Waals surface area (Å²) in [7, 11) is 0. The highest BCUT2D eigenvalue weighted by Crippen LogP contribution is 2.33. The van der Waals surface area contributed by atoms with Crippen molar-refractivity contribution in [2.75, 3.05) is 6.54 Å². The lowest BCUT2D eigenvalue weighted by atomic mass is 9.84. The summed E-state index contributed by atoms with van der Waals surface area (Å²) >= 11 is 0. The van der Waals surface area contributed by atoms with E-state index in [0.29, 0.717) is 26.1 Å². The standard InChI is InChI=1S/C23H22N2O2/c26-22-12-6-7-14-24(22)15-13-23(27)25-16-19-10-4-5-11-20(19)21(17-25)18-8-2-1-3-9-18/h1-12,14,21H,13,15-17H2. The highest BCUT2D eigenvalue weighted by molar-refractivity contribution is 5.76. The Hall–Kier alpha value is -3.14. The zero-order valence-corrected chi connectivity index (χ0v) is 15.1. The average molecular weight is 358 g/mol. The number of amides is 1. The van der Waals surface area contributed by atoms with Crippen LogP contribution < -0.4 is 5.56 Å². The molecule has 1 unspecified atom stereocenters. The smallest absolute Gasteiger partial charge is 0.250 e. The third-order valence-corrected chi connectivity index (χ3v) is 5.21. The number of benzene rings is 2. The van der Waals surface area contributed by atoms with E-state index in [-0.39, 0.29) is 17.4 Å². The molecule has 2 aromatic carbocycles. The molecule has 2 heterocycles. The molecule has 0 bridgehead atoms. The number of aromatic nitrogens is 1. The highest BCUT2D eigenvalue weighted by atomic mass is 16.2. The molecule has 0 spiro atoms. The third-order valence-electron chi connectivity index (χ3n) is 5.21. The van der Waals surface area contributed by atoms with E-state index in [0.717, 1.165) is 0 Å². The van der Waals surface area contributed by atoms with Crippen molar-refractivity contribution >= 4 is 5.91 Å². The van der Waals surface area contributed by atoms with Gasteiger partial charge in [0, 0.05) is 44.2 Å². The van der Waals surface area contributed by atoms with Crippen LogP contribution in [0, 0.1) is 0 Å². The molecule has 1 aliphatic rings. The summed E-state index contributed by atoms with van der Waals surface area (Å²) in [5, 5.41) is 0. The summed E-state index contributed by atoms with van der Waals surface area (Å²) in [6.07, 6.45) is 2.06. The number of hydrogen-bond donors (Lipinski definition) is 0. The second kappa shape index (κ2) is 7.62. The second-order valence-corrected chi connectivity index (χ2v) is 6.92. The molecule has 0 N–H and O–H groups in total. The molecule has 3 aromatic rings. The summed E-state index contributed by atoms with van der Waals surface area (Å²) in [6, 6.07) is 23.8. The molecule has 1 aliphatic heterocycles. The molecule has 1 aromatic heterocycles. The van der Waals surface area contributed by atoms with Crippen LogP contribution in [0.5, 0.6) is 0 Å². The summed E-state index contributed by atoms with van der Waals surface area (Å²) in [5.41, 5.74) is 3.65. The van der Waals surface area contributed by atoms with E-state index in [1.54, 1.807) is 16.8 Å². The van der Waals surface area contributed by atoms with Crippen molar-refractivity contribution in [1.29, 1.82) is 0 Å². The Balaban J connectivity index is 1.55. The normalized spacial score (nSPS) is 16.0. The summed E-state index contributed by atoms with van der Waals surface area (Å²) in [6.45, 7) is 1.71. The first-order chi connectivity index (χ1) is 13.2. The van der Waals surface area contributed by atoms with Gasteiger partial charge in [0.2, 0.25) is 5.91 Å². The number of nitrogens with zero attached hydrogens (tertiary/aromatic N) is 2. The number of hydrogen-bond acceptors (Lipinski definition) is 2. The van der Waals surface area contributed by atoms with Crippen LogP contribution in [-0.2, 0) is 17.9 Å². The van der Waals surface area contributed by atoms with E-state index in [2.05, 4.69) is 30.3 Å². The lowest BCUT2D eigenvalue weighted by molar-refractivity contribution is -0.132. The largest absolute Gasteiger partial charge is 0.337 e. The quantitative estimate of drug-likeness (QED) is 0.717. The fraction of sp³-hybridized carbons (Fsp3) is 0.217. The van der Waals surface area contributed by atoms with Gasteiger partial charge >= 0.3 is 0 Å². The molecule has 0 aliphatic carbocycles. The van der Waals surface area contributed by atoms with Crippen LogP contribution in [0.4, 0.5) is 0 Å². The van der Waals surface area contributed by atoms with Crippen LogP contribution in [0.1, 0.15) is 29.0 Å². The Morgan fingerprint density at radius 2 is 1.67 bits per heavy atom. The van der Waals surface area contributed by atoms with Gasteiger partial charge in [-0.3, -0.25) is 9.59 Å². The molecule has 1 atom stereocenters. The van der Waals surface area contributed by atoms with Gasteiger partial charge in [0.25, 0.3) is 5.56 Å². The average Bonchev–Trinajstić information content (AvgIpc) is 2.73. The van der Waals surface area contributed by atoms with Crippen LogP contribution in [0.3, 0.4) is 0 Å². The molecule has 0 saturated carbocycles. The second-order valence-electron chi connectivity index (χ2n) is 6.92. The first kappa shape index (κ1) is 17.3. The topological polar surface area (TPSA) is 42.3 Å². The minimum atomic E-state index is -0.0727. The van der Waals surface area contributed by atoms with Gasteiger partial charge in [-0.1, -0.05) is 60.7 Å². The van der Waals surface area contributed by atoms with E-state index in [4.69, 9.17) is 0 Å². The Morgan fingerprint density at radius 1 is 0.926 bits per heavy atom. The molecule has 4 nitrogen and oxygen atoms in total. The van der Waals surface area contributed by atoms with Crippen molar-refractivity contribution in [3.05, 3.63) is 106 Å². The predicted octanol–water partition coefficient (Wildman–Crippen LogP) is 3.41. The fourth-order valence-electron chi connectivity index (χ4n) is 3.79. The molecule has 136 valence electrons. The summed E-state index contributed by atoms with van der Waals surface area (Å²) in [4.78, 5) is 26.7. The van der Waals surface area contributed by atoms with E-state index in [9.17, 15) is 9.59 Å². The lowest BCUT2D eigenvalue weighted by Gasteiger charge is -2.35. The van der Waals surface area contributed by atoms with Gasteiger partial charge < -0.3 is 9.47 Å². The summed E-state index contributed by atoms with van der Waals surface area (Å²) in [5.74, 6) is 0.265. The number of pyridine rings is 1. The molecular formula is C23H22N2O2. The Kier molecular flexibility index (Phi) is 4.88. The van der Waals surface area contributed by atoms with Crippen molar-refractivity contribution in [3.8, 4) is 0 Å². The van der Waals surface area contributed by atoms with E-state index < -0.39 is 0 Å². The molecule has 0 saturated heterocycles. The number of fused-ring (bicyclic) bond motifs is 1. The van der Waals surface area contributed by atoms with Crippen LogP contribution in [0.25, 0.3) is 0 Å². The maximum Gasteiger partial charge on any atom is 0.250 e. The third kappa shape index (κ3) is 3.70. The number of carbonyl (C=O) groups is 1. The van der Waals surface area contributed by atoms with Gasteiger partial charge in [-0.05, 0) is 22.8 Å². The van der Waals surface area contributed by atoms with Crippen LogP contribution >= 0.6 is 0 Å². The van der Waals surface area contributed by atoms with Gasteiger partial charge in [0.05, 0.1) is 0 Å². The molecule has 4 rings (SSSR count). The molecule has 4 heteroatoms. The maximum atomic E-state index is 12.9. The van der Waals surface area contributed by atoms with Crippen molar-refractivity contribution in [1.82, 2.24) is 9.47 Å². The SMILES string of the molecule is O=C(CCn1ccccc1=O)N1Cc2ccccc2C(c2ccccc2)C1. The zero-order chi connectivity index (χ0) is 18.6. The van der Waals surface area contributed by atoms with Crippen molar-refractivity contribution in [3.63, 3.8) is 0 Å². The molecule has 27 heavy (non-hydrogen) atoms. The van der Waals surface area contributed by atoms with Crippen LogP contribution in [-0.4, -0.2) is 21.9 Å². The monoisotopic (exact) mass is 358 g/mol. The maximum absolute atomic E-state index is 12.9. The zero-order valence-electron chi connectivity index (χ0n) is 15.1. The van der Waals surface area contributed by atoms with Gasteiger partial charge in [0.15, 0.2) is 0 Å². The minimum Gasteiger partial charge on any atom is -0.337 e. The Morgan fingerprint density at radius 3 is 2.48 bits per heavy atom.